The van der Waals surface area contributed by atoms with Gasteiger partial charge in [-0.2, -0.15) is 0 Å². The van der Waals surface area contributed by atoms with Crippen LogP contribution in [0, 0.1) is 0 Å². The SMILES string of the molecule is COc1cccc(CN(C)C(=O)CSc2nccn2-c2cccc(Cl)c2)c1. The minimum Gasteiger partial charge on any atom is -0.497 e. The van der Waals surface area contributed by atoms with E-state index in [0.29, 0.717) is 17.3 Å². The van der Waals surface area contributed by atoms with Crippen LogP contribution < -0.4 is 4.74 Å². The number of rotatable bonds is 7. The fourth-order valence-electron chi connectivity index (χ4n) is 2.59. The third-order valence-electron chi connectivity index (χ3n) is 4.00. The van der Waals surface area contributed by atoms with Crippen molar-refractivity contribution >= 4 is 29.3 Å². The first-order valence-corrected chi connectivity index (χ1v) is 9.72. The number of thioether (sulfide) groups is 1. The maximum atomic E-state index is 12.5. The van der Waals surface area contributed by atoms with E-state index < -0.39 is 0 Å². The van der Waals surface area contributed by atoms with Crippen LogP contribution in [0.15, 0.2) is 66.1 Å². The Morgan fingerprint density at radius 2 is 2.07 bits per heavy atom. The smallest absolute Gasteiger partial charge is 0.233 e. The van der Waals surface area contributed by atoms with Crippen LogP contribution in [-0.4, -0.2) is 40.3 Å². The van der Waals surface area contributed by atoms with E-state index >= 15 is 0 Å². The first-order valence-electron chi connectivity index (χ1n) is 8.36. The molecule has 0 saturated carbocycles. The highest BCUT2D eigenvalue weighted by molar-refractivity contribution is 7.99. The van der Waals surface area contributed by atoms with Gasteiger partial charge in [0.2, 0.25) is 5.91 Å². The molecule has 0 aliphatic rings. The molecule has 1 aromatic heterocycles. The highest BCUT2D eigenvalue weighted by Crippen LogP contribution is 2.23. The lowest BCUT2D eigenvalue weighted by molar-refractivity contribution is -0.127. The quantitative estimate of drug-likeness (QED) is 0.554. The molecule has 27 heavy (non-hydrogen) atoms. The second-order valence-corrected chi connectivity index (χ2v) is 7.33. The molecule has 140 valence electrons. The molecule has 3 aromatic rings. The Kier molecular flexibility index (Phi) is 6.42. The minimum atomic E-state index is 0.0310. The highest BCUT2D eigenvalue weighted by Gasteiger charge is 2.13. The molecule has 0 unspecified atom stereocenters. The normalized spacial score (nSPS) is 10.6. The second kappa shape index (κ2) is 8.97. The molecule has 7 heteroatoms. The molecular weight excluding hydrogens is 382 g/mol. The summed E-state index contributed by atoms with van der Waals surface area (Å²) in [4.78, 5) is 18.6. The molecule has 0 bridgehead atoms. The lowest BCUT2D eigenvalue weighted by Gasteiger charge is -2.17. The zero-order chi connectivity index (χ0) is 19.2. The molecule has 0 aliphatic heterocycles. The molecule has 0 spiro atoms. The number of nitrogens with zero attached hydrogens (tertiary/aromatic N) is 3. The highest BCUT2D eigenvalue weighted by atomic mass is 35.5. The molecule has 1 amide bonds. The van der Waals surface area contributed by atoms with Gasteiger partial charge in [-0.3, -0.25) is 9.36 Å². The summed E-state index contributed by atoms with van der Waals surface area (Å²) in [5.74, 6) is 1.12. The number of hydrogen-bond acceptors (Lipinski definition) is 4. The standard InChI is InChI=1S/C20H20ClN3O2S/c1-23(13-15-5-3-8-18(11-15)26-2)19(25)14-27-20-22-9-10-24(20)17-7-4-6-16(21)12-17/h3-12H,13-14H2,1-2H3. The van der Waals surface area contributed by atoms with Crippen molar-refractivity contribution in [2.24, 2.45) is 0 Å². The van der Waals surface area contributed by atoms with E-state index in [-0.39, 0.29) is 5.91 Å². The van der Waals surface area contributed by atoms with Gasteiger partial charge in [0.25, 0.3) is 0 Å². The Labute approximate surface area is 167 Å². The van der Waals surface area contributed by atoms with E-state index in [1.165, 1.54) is 11.8 Å². The molecule has 0 fully saturated rings. The Morgan fingerprint density at radius 3 is 2.85 bits per heavy atom. The van der Waals surface area contributed by atoms with Gasteiger partial charge in [0.05, 0.1) is 12.9 Å². The second-order valence-electron chi connectivity index (χ2n) is 5.95. The zero-order valence-electron chi connectivity index (χ0n) is 15.1. The lowest BCUT2D eigenvalue weighted by Crippen LogP contribution is -2.27. The summed E-state index contributed by atoms with van der Waals surface area (Å²) in [7, 11) is 3.43. The molecule has 0 saturated heterocycles. The summed E-state index contributed by atoms with van der Waals surface area (Å²) in [6, 6.07) is 15.2. The van der Waals surface area contributed by atoms with E-state index in [2.05, 4.69) is 4.98 Å². The fraction of sp³-hybridized carbons (Fsp3) is 0.200. The Hall–Kier alpha value is -2.44. The van der Waals surface area contributed by atoms with Gasteiger partial charge in [-0.1, -0.05) is 41.6 Å². The van der Waals surface area contributed by atoms with Crippen molar-refractivity contribution in [2.45, 2.75) is 11.7 Å². The van der Waals surface area contributed by atoms with E-state index in [4.69, 9.17) is 16.3 Å². The molecule has 0 atom stereocenters. The van der Waals surface area contributed by atoms with Gasteiger partial charge in [0, 0.05) is 36.7 Å². The first kappa shape index (κ1) is 19.3. The van der Waals surface area contributed by atoms with Gasteiger partial charge in [-0.05, 0) is 35.9 Å². The third kappa shape index (κ3) is 5.05. The third-order valence-corrected chi connectivity index (χ3v) is 5.18. The van der Waals surface area contributed by atoms with Crippen molar-refractivity contribution in [2.75, 3.05) is 19.9 Å². The molecule has 0 aliphatic carbocycles. The van der Waals surface area contributed by atoms with Crippen molar-refractivity contribution in [3.8, 4) is 11.4 Å². The van der Waals surface area contributed by atoms with Crippen LogP contribution in [-0.2, 0) is 11.3 Å². The summed E-state index contributed by atoms with van der Waals surface area (Å²) in [5, 5.41) is 1.41. The van der Waals surface area contributed by atoms with Crippen molar-refractivity contribution in [1.82, 2.24) is 14.5 Å². The molecule has 3 rings (SSSR count). The number of amides is 1. The van der Waals surface area contributed by atoms with E-state index in [0.717, 1.165) is 22.2 Å². The van der Waals surface area contributed by atoms with Crippen molar-refractivity contribution in [1.29, 1.82) is 0 Å². The number of ether oxygens (including phenoxy) is 1. The molecular formula is C20H20ClN3O2S. The summed E-state index contributed by atoms with van der Waals surface area (Å²) in [6.07, 6.45) is 3.58. The number of aromatic nitrogens is 2. The van der Waals surface area contributed by atoms with Gasteiger partial charge in [0.1, 0.15) is 5.75 Å². The van der Waals surface area contributed by atoms with Crippen LogP contribution in [0.25, 0.3) is 5.69 Å². The average molecular weight is 402 g/mol. The Bertz CT molecular complexity index is 929. The number of imidazole rings is 1. The first-order chi connectivity index (χ1) is 13.1. The summed E-state index contributed by atoms with van der Waals surface area (Å²) >= 11 is 7.47. The van der Waals surface area contributed by atoms with Crippen LogP contribution >= 0.6 is 23.4 Å². The molecule has 5 nitrogen and oxygen atoms in total. The number of hydrogen-bond donors (Lipinski definition) is 0. The summed E-state index contributed by atoms with van der Waals surface area (Å²) in [5.41, 5.74) is 1.94. The van der Waals surface area contributed by atoms with Crippen molar-refractivity contribution in [3.63, 3.8) is 0 Å². The topological polar surface area (TPSA) is 47.4 Å². The zero-order valence-corrected chi connectivity index (χ0v) is 16.7. The summed E-state index contributed by atoms with van der Waals surface area (Å²) < 4.78 is 7.15. The van der Waals surface area contributed by atoms with E-state index in [1.807, 2.05) is 59.3 Å². The number of halogens is 1. The number of methoxy groups -OCH3 is 1. The van der Waals surface area contributed by atoms with Crippen molar-refractivity contribution in [3.05, 3.63) is 71.5 Å². The predicted molar refractivity (Wildman–Crippen MR) is 109 cm³/mol. The Balaban J connectivity index is 1.61. The molecule has 0 N–H and O–H groups in total. The van der Waals surface area contributed by atoms with Gasteiger partial charge >= 0.3 is 0 Å². The molecule has 0 radical (unpaired) electrons. The van der Waals surface area contributed by atoms with Crippen LogP contribution in [0.5, 0.6) is 5.75 Å². The average Bonchev–Trinajstić information content (AvgIpc) is 3.15. The van der Waals surface area contributed by atoms with Gasteiger partial charge in [-0.25, -0.2) is 4.98 Å². The fourth-order valence-corrected chi connectivity index (χ4v) is 3.69. The lowest BCUT2D eigenvalue weighted by atomic mass is 10.2. The van der Waals surface area contributed by atoms with Crippen LogP contribution in [0.3, 0.4) is 0 Å². The monoisotopic (exact) mass is 401 g/mol. The predicted octanol–water partition coefficient (Wildman–Crippen LogP) is 4.29. The van der Waals surface area contributed by atoms with Crippen LogP contribution in [0.4, 0.5) is 0 Å². The number of carbonyl (C=O) groups excluding carboxylic acids is 1. The van der Waals surface area contributed by atoms with E-state index in [9.17, 15) is 4.79 Å². The maximum absolute atomic E-state index is 12.5. The van der Waals surface area contributed by atoms with Crippen LogP contribution in [0.2, 0.25) is 5.02 Å². The Morgan fingerprint density at radius 1 is 1.26 bits per heavy atom. The van der Waals surface area contributed by atoms with Gasteiger partial charge in [-0.15, -0.1) is 0 Å². The van der Waals surface area contributed by atoms with Crippen molar-refractivity contribution < 1.29 is 9.53 Å². The molecule has 1 heterocycles. The number of carbonyl (C=O) groups is 1. The van der Waals surface area contributed by atoms with Gasteiger partial charge < -0.3 is 9.64 Å². The minimum absolute atomic E-state index is 0.0310. The van der Waals surface area contributed by atoms with Gasteiger partial charge in [0.15, 0.2) is 5.16 Å². The van der Waals surface area contributed by atoms with Crippen LogP contribution in [0.1, 0.15) is 5.56 Å². The maximum Gasteiger partial charge on any atom is 0.233 e. The molecule has 2 aromatic carbocycles. The van der Waals surface area contributed by atoms with E-state index in [1.54, 1.807) is 25.3 Å². The summed E-state index contributed by atoms with van der Waals surface area (Å²) in [6.45, 7) is 0.527. The largest absolute Gasteiger partial charge is 0.497 e. The number of benzene rings is 2.